The van der Waals surface area contributed by atoms with Crippen LogP contribution in [0.1, 0.15) is 50.3 Å². The lowest BCUT2D eigenvalue weighted by atomic mass is 9.94. The third kappa shape index (κ3) is 3.92. The fourth-order valence-electron chi connectivity index (χ4n) is 2.10. The van der Waals surface area contributed by atoms with E-state index >= 15 is 0 Å². The molecule has 2 aromatic rings. The Hall–Kier alpha value is -1.63. The number of benzene rings is 1. The predicted octanol–water partition coefficient (Wildman–Crippen LogP) is 5.52. The summed E-state index contributed by atoms with van der Waals surface area (Å²) >= 11 is 0. The van der Waals surface area contributed by atoms with Gasteiger partial charge in [0.1, 0.15) is 0 Å². The lowest BCUT2D eigenvalue weighted by Gasteiger charge is -2.12. The van der Waals surface area contributed by atoms with Gasteiger partial charge >= 0.3 is 0 Å². The minimum Gasteiger partial charge on any atom is -0.264 e. The Balaban J connectivity index is 0.000000861. The molecule has 0 N–H and O–H groups in total. The van der Waals surface area contributed by atoms with E-state index in [4.69, 9.17) is 0 Å². The van der Waals surface area contributed by atoms with Crippen molar-refractivity contribution >= 4 is 0 Å². The predicted molar refractivity (Wildman–Crippen MR) is 84.6 cm³/mol. The highest BCUT2D eigenvalue weighted by Gasteiger charge is 2.06. The Morgan fingerprint density at radius 2 is 1.68 bits per heavy atom. The van der Waals surface area contributed by atoms with Crippen molar-refractivity contribution in [2.24, 2.45) is 0 Å². The molecule has 1 heteroatoms. The molecular formula is C18H25N. The standard InChI is InChI=1S/C16H19N.C2H6/c1-11(2)14-7-12(3)8-15(9-14)16-5-6-17-10-13(16)4;1-2/h5-11H,1-4H3;1-2H3. The molecule has 0 saturated carbocycles. The van der Waals surface area contributed by atoms with Crippen LogP contribution in [-0.2, 0) is 0 Å². The summed E-state index contributed by atoms with van der Waals surface area (Å²) in [6.07, 6.45) is 3.78. The van der Waals surface area contributed by atoms with Crippen molar-refractivity contribution in [1.82, 2.24) is 4.98 Å². The number of nitrogens with zero attached hydrogens (tertiary/aromatic N) is 1. The topological polar surface area (TPSA) is 12.9 Å². The highest BCUT2D eigenvalue weighted by Crippen LogP contribution is 2.27. The highest BCUT2D eigenvalue weighted by atomic mass is 14.6. The number of hydrogen-bond donors (Lipinski definition) is 0. The molecule has 0 fully saturated rings. The van der Waals surface area contributed by atoms with Crippen molar-refractivity contribution < 1.29 is 0 Å². The largest absolute Gasteiger partial charge is 0.264 e. The van der Waals surface area contributed by atoms with Gasteiger partial charge in [-0.05, 0) is 48.1 Å². The van der Waals surface area contributed by atoms with E-state index in [0.29, 0.717) is 5.92 Å². The second kappa shape index (κ2) is 7.08. The molecule has 2 rings (SSSR count). The van der Waals surface area contributed by atoms with E-state index in [1.807, 2.05) is 26.2 Å². The Kier molecular flexibility index (Phi) is 5.75. The summed E-state index contributed by atoms with van der Waals surface area (Å²) < 4.78 is 0. The van der Waals surface area contributed by atoms with Crippen LogP contribution in [0.2, 0.25) is 0 Å². The summed E-state index contributed by atoms with van der Waals surface area (Å²) in [5, 5.41) is 0. The van der Waals surface area contributed by atoms with E-state index in [1.54, 1.807) is 0 Å². The Bertz CT molecular complexity index is 527. The highest BCUT2D eigenvalue weighted by molar-refractivity contribution is 5.68. The normalized spacial score (nSPS) is 10.1. The minimum atomic E-state index is 0.566. The van der Waals surface area contributed by atoms with Crippen LogP contribution < -0.4 is 0 Å². The van der Waals surface area contributed by atoms with Crippen molar-refractivity contribution in [2.75, 3.05) is 0 Å². The summed E-state index contributed by atoms with van der Waals surface area (Å²) in [7, 11) is 0. The molecule has 0 aliphatic carbocycles. The first-order valence-corrected chi connectivity index (χ1v) is 7.10. The van der Waals surface area contributed by atoms with Crippen LogP contribution in [0.15, 0.2) is 36.7 Å². The molecule has 19 heavy (non-hydrogen) atoms. The van der Waals surface area contributed by atoms with Gasteiger partial charge in [-0.1, -0.05) is 51.5 Å². The lowest BCUT2D eigenvalue weighted by molar-refractivity contribution is 0.865. The maximum absolute atomic E-state index is 4.15. The van der Waals surface area contributed by atoms with Crippen molar-refractivity contribution in [3.63, 3.8) is 0 Å². The van der Waals surface area contributed by atoms with E-state index in [1.165, 1.54) is 27.8 Å². The smallest absolute Gasteiger partial charge is 0.0303 e. The summed E-state index contributed by atoms with van der Waals surface area (Å²) in [5.74, 6) is 0.566. The van der Waals surface area contributed by atoms with Crippen LogP contribution in [0.5, 0.6) is 0 Å². The van der Waals surface area contributed by atoms with E-state index in [2.05, 4.69) is 56.9 Å². The zero-order chi connectivity index (χ0) is 14.4. The molecular weight excluding hydrogens is 230 g/mol. The third-order valence-electron chi connectivity index (χ3n) is 3.10. The molecule has 0 bridgehead atoms. The van der Waals surface area contributed by atoms with E-state index in [-0.39, 0.29) is 0 Å². The van der Waals surface area contributed by atoms with Crippen LogP contribution in [0.4, 0.5) is 0 Å². The lowest BCUT2D eigenvalue weighted by Crippen LogP contribution is -1.92. The van der Waals surface area contributed by atoms with Crippen LogP contribution in [0.3, 0.4) is 0 Å². The fraction of sp³-hybridized carbons (Fsp3) is 0.389. The molecule has 0 aliphatic heterocycles. The molecule has 0 atom stereocenters. The molecule has 0 saturated heterocycles. The molecule has 0 amide bonds. The molecule has 0 unspecified atom stereocenters. The first-order valence-electron chi connectivity index (χ1n) is 7.10. The van der Waals surface area contributed by atoms with Gasteiger partial charge in [-0.15, -0.1) is 0 Å². The zero-order valence-electron chi connectivity index (χ0n) is 13.0. The Labute approximate surface area is 117 Å². The molecule has 1 nitrogen and oxygen atoms in total. The molecule has 1 heterocycles. The van der Waals surface area contributed by atoms with Crippen molar-refractivity contribution in [3.05, 3.63) is 53.3 Å². The molecule has 0 aliphatic rings. The average molecular weight is 255 g/mol. The maximum atomic E-state index is 4.15. The number of aryl methyl sites for hydroxylation is 2. The minimum absolute atomic E-state index is 0.566. The van der Waals surface area contributed by atoms with E-state index in [0.717, 1.165) is 0 Å². The van der Waals surface area contributed by atoms with Gasteiger partial charge < -0.3 is 0 Å². The quantitative estimate of drug-likeness (QED) is 0.689. The second-order valence-electron chi connectivity index (χ2n) is 4.98. The van der Waals surface area contributed by atoms with Gasteiger partial charge in [0, 0.05) is 12.4 Å². The zero-order valence-corrected chi connectivity index (χ0v) is 13.0. The monoisotopic (exact) mass is 255 g/mol. The van der Waals surface area contributed by atoms with E-state index in [9.17, 15) is 0 Å². The number of rotatable bonds is 2. The molecule has 0 spiro atoms. The van der Waals surface area contributed by atoms with Crippen molar-refractivity contribution in [2.45, 2.75) is 47.5 Å². The summed E-state index contributed by atoms with van der Waals surface area (Å²) in [6.45, 7) is 12.7. The fourth-order valence-corrected chi connectivity index (χ4v) is 2.10. The second-order valence-corrected chi connectivity index (χ2v) is 4.98. The van der Waals surface area contributed by atoms with E-state index < -0.39 is 0 Å². The van der Waals surface area contributed by atoms with Gasteiger partial charge in [0.2, 0.25) is 0 Å². The Morgan fingerprint density at radius 3 is 2.26 bits per heavy atom. The maximum Gasteiger partial charge on any atom is 0.0303 e. The summed E-state index contributed by atoms with van der Waals surface area (Å²) in [5.41, 5.74) is 6.53. The van der Waals surface area contributed by atoms with Gasteiger partial charge in [-0.2, -0.15) is 0 Å². The number of aromatic nitrogens is 1. The molecule has 102 valence electrons. The van der Waals surface area contributed by atoms with Crippen molar-refractivity contribution in [3.8, 4) is 11.1 Å². The molecule has 0 radical (unpaired) electrons. The van der Waals surface area contributed by atoms with Gasteiger partial charge in [-0.3, -0.25) is 4.98 Å². The molecule has 1 aromatic heterocycles. The summed E-state index contributed by atoms with van der Waals surface area (Å²) in [4.78, 5) is 4.15. The third-order valence-corrected chi connectivity index (χ3v) is 3.10. The van der Waals surface area contributed by atoms with Gasteiger partial charge in [0.25, 0.3) is 0 Å². The summed E-state index contributed by atoms with van der Waals surface area (Å²) in [6, 6.07) is 8.90. The van der Waals surface area contributed by atoms with Crippen molar-refractivity contribution in [1.29, 1.82) is 0 Å². The van der Waals surface area contributed by atoms with Gasteiger partial charge in [0.15, 0.2) is 0 Å². The first-order chi connectivity index (χ1) is 9.08. The number of pyridine rings is 1. The Morgan fingerprint density at radius 1 is 1.00 bits per heavy atom. The van der Waals surface area contributed by atoms with Crippen LogP contribution in [0.25, 0.3) is 11.1 Å². The van der Waals surface area contributed by atoms with Gasteiger partial charge in [-0.25, -0.2) is 0 Å². The van der Waals surface area contributed by atoms with Gasteiger partial charge in [0.05, 0.1) is 0 Å². The van der Waals surface area contributed by atoms with Crippen LogP contribution in [-0.4, -0.2) is 4.98 Å². The SMILES string of the molecule is CC.Cc1cc(-c2ccncc2C)cc(C(C)C)c1. The molecule has 1 aromatic carbocycles. The van der Waals surface area contributed by atoms with Crippen LogP contribution in [0, 0.1) is 13.8 Å². The van der Waals surface area contributed by atoms with Crippen LogP contribution >= 0.6 is 0 Å². The average Bonchev–Trinajstić information content (AvgIpc) is 2.40. The first kappa shape index (κ1) is 15.4. The number of hydrogen-bond acceptors (Lipinski definition) is 1.